The standard InChI is InChI=1S/C35H41N7O5/c1-21(39-20-30(43)41-15-5-8-27(41)19-36)18-35(33-40-34(46)47-42(33)26-6-3-2-4-7-26)28-13-11-24(31(37)44)16-22(28)9-10-23-17-25(32(38)45)12-14-29(23)35/h11-14,16-17,21,26-27,39H,2-10,15,18,20H2,1H3,(H2,37,44)(H2,38,45)/t21-,27?/m0/s1. The third-order valence-electron chi connectivity index (χ3n) is 10.2. The molecule has 0 bridgehead atoms. The molecule has 2 aromatic carbocycles. The van der Waals surface area contributed by atoms with Gasteiger partial charge in [-0.25, -0.2) is 4.79 Å². The summed E-state index contributed by atoms with van der Waals surface area (Å²) in [6.07, 6.45) is 7.64. The van der Waals surface area contributed by atoms with Crippen LogP contribution in [0.15, 0.2) is 45.7 Å². The van der Waals surface area contributed by atoms with Crippen molar-refractivity contribution in [3.63, 3.8) is 0 Å². The number of fused-ring (bicyclic) bond motifs is 2. The molecule has 1 saturated carbocycles. The smallest absolute Gasteiger partial charge is 0.366 e. The van der Waals surface area contributed by atoms with Crippen molar-refractivity contribution in [3.8, 4) is 6.07 Å². The summed E-state index contributed by atoms with van der Waals surface area (Å²) in [5.41, 5.74) is 14.5. The van der Waals surface area contributed by atoms with Crippen LogP contribution in [0.25, 0.3) is 0 Å². The number of likely N-dealkylation sites (tertiary alicyclic amines) is 1. The average molecular weight is 640 g/mol. The van der Waals surface area contributed by atoms with E-state index in [0.29, 0.717) is 49.2 Å². The minimum absolute atomic E-state index is 0.0324. The molecular weight excluding hydrogens is 598 g/mol. The predicted octanol–water partition coefficient (Wildman–Crippen LogP) is 2.86. The molecule has 6 rings (SSSR count). The Morgan fingerprint density at radius 3 is 2.19 bits per heavy atom. The predicted molar refractivity (Wildman–Crippen MR) is 173 cm³/mol. The highest BCUT2D eigenvalue weighted by Crippen LogP contribution is 2.48. The van der Waals surface area contributed by atoms with Gasteiger partial charge in [-0.3, -0.25) is 14.4 Å². The highest BCUT2D eigenvalue weighted by atomic mass is 16.5. The monoisotopic (exact) mass is 639 g/mol. The van der Waals surface area contributed by atoms with Gasteiger partial charge in [0.25, 0.3) is 0 Å². The molecule has 3 aromatic rings. The summed E-state index contributed by atoms with van der Waals surface area (Å²) < 4.78 is 7.59. The number of carbonyl (C=O) groups is 3. The summed E-state index contributed by atoms with van der Waals surface area (Å²) >= 11 is 0. The molecule has 0 spiro atoms. The lowest BCUT2D eigenvalue weighted by molar-refractivity contribution is -0.130. The van der Waals surface area contributed by atoms with E-state index < -0.39 is 29.0 Å². The number of amides is 3. The van der Waals surface area contributed by atoms with Crippen molar-refractivity contribution < 1.29 is 18.9 Å². The van der Waals surface area contributed by atoms with Crippen molar-refractivity contribution in [3.05, 3.63) is 86.2 Å². The number of benzene rings is 2. The fourth-order valence-corrected chi connectivity index (χ4v) is 7.93. The molecule has 3 amide bonds. The van der Waals surface area contributed by atoms with Crippen LogP contribution in [0.2, 0.25) is 0 Å². The lowest BCUT2D eigenvalue weighted by atomic mass is 9.67. The first-order chi connectivity index (χ1) is 22.6. The van der Waals surface area contributed by atoms with Gasteiger partial charge in [-0.2, -0.15) is 15.0 Å². The van der Waals surface area contributed by atoms with E-state index in [0.717, 1.165) is 60.8 Å². The lowest BCUT2D eigenvalue weighted by Gasteiger charge is -2.39. The average Bonchev–Trinajstić information content (AvgIpc) is 3.69. The van der Waals surface area contributed by atoms with E-state index in [4.69, 9.17) is 16.0 Å². The molecule has 1 saturated heterocycles. The van der Waals surface area contributed by atoms with Crippen LogP contribution in [0.1, 0.15) is 113 Å². The van der Waals surface area contributed by atoms with Crippen LogP contribution in [0, 0.1) is 11.3 Å². The second-order valence-electron chi connectivity index (χ2n) is 13.1. The molecule has 12 heteroatoms. The zero-order chi connectivity index (χ0) is 33.3. The number of rotatable bonds is 9. The lowest BCUT2D eigenvalue weighted by Crippen LogP contribution is -2.46. The summed E-state index contributed by atoms with van der Waals surface area (Å²) in [5, 5.41) is 12.9. The molecule has 1 unspecified atom stereocenters. The minimum Gasteiger partial charge on any atom is -0.366 e. The Hall–Kier alpha value is -4.76. The van der Waals surface area contributed by atoms with E-state index in [9.17, 15) is 24.4 Å². The van der Waals surface area contributed by atoms with Gasteiger partial charge in [-0.15, -0.1) is 0 Å². The first-order valence-electron chi connectivity index (χ1n) is 16.5. The van der Waals surface area contributed by atoms with Gasteiger partial charge in [0.05, 0.1) is 24.1 Å². The number of hydrogen-bond acceptors (Lipinski definition) is 8. The molecule has 3 aliphatic rings. The first-order valence-corrected chi connectivity index (χ1v) is 16.5. The molecule has 47 heavy (non-hydrogen) atoms. The van der Waals surface area contributed by atoms with E-state index in [2.05, 4.69) is 16.4 Å². The Balaban J connectivity index is 1.53. The number of aromatic nitrogens is 2. The van der Waals surface area contributed by atoms with Crippen molar-refractivity contribution in [1.82, 2.24) is 19.9 Å². The molecule has 246 valence electrons. The minimum atomic E-state index is -1.09. The molecule has 12 nitrogen and oxygen atoms in total. The number of nitrogens with one attached hydrogen (secondary N) is 1. The number of hydrogen-bond donors (Lipinski definition) is 3. The van der Waals surface area contributed by atoms with Crippen molar-refractivity contribution in [2.75, 3.05) is 13.1 Å². The highest BCUT2D eigenvalue weighted by Gasteiger charge is 2.47. The van der Waals surface area contributed by atoms with Crippen molar-refractivity contribution in [2.45, 2.75) is 94.7 Å². The van der Waals surface area contributed by atoms with Crippen LogP contribution in [0.4, 0.5) is 0 Å². The maximum absolute atomic E-state index is 13.2. The Labute approximate surface area is 273 Å². The maximum atomic E-state index is 13.2. The topological polar surface area (TPSA) is 190 Å². The van der Waals surface area contributed by atoms with Gasteiger partial charge in [0.1, 0.15) is 6.04 Å². The number of nitrogens with zero attached hydrogens (tertiary/aromatic N) is 4. The number of carbonyl (C=O) groups excluding carboxylic acids is 3. The highest BCUT2D eigenvalue weighted by molar-refractivity contribution is 5.94. The van der Waals surface area contributed by atoms with Crippen LogP contribution in [0.5, 0.6) is 0 Å². The fourth-order valence-electron chi connectivity index (χ4n) is 7.93. The normalized spacial score (nSPS) is 19.7. The molecule has 2 heterocycles. The molecule has 0 radical (unpaired) electrons. The van der Waals surface area contributed by atoms with E-state index in [1.54, 1.807) is 33.9 Å². The molecule has 1 aromatic heterocycles. The molecule has 2 aliphatic carbocycles. The van der Waals surface area contributed by atoms with Crippen molar-refractivity contribution >= 4 is 17.7 Å². The van der Waals surface area contributed by atoms with Gasteiger partial charge in [-0.05, 0) is 98.4 Å². The number of primary amides is 2. The van der Waals surface area contributed by atoms with E-state index >= 15 is 0 Å². The summed E-state index contributed by atoms with van der Waals surface area (Å²) in [7, 11) is 0. The quantitative estimate of drug-likeness (QED) is 0.318. The van der Waals surface area contributed by atoms with Gasteiger partial charge < -0.3 is 26.2 Å². The summed E-state index contributed by atoms with van der Waals surface area (Å²) in [6.45, 7) is 2.56. The zero-order valence-electron chi connectivity index (χ0n) is 26.7. The maximum Gasteiger partial charge on any atom is 0.459 e. The van der Waals surface area contributed by atoms with Crippen molar-refractivity contribution in [2.24, 2.45) is 11.5 Å². The van der Waals surface area contributed by atoms with Gasteiger partial charge in [0.2, 0.25) is 17.7 Å². The van der Waals surface area contributed by atoms with E-state index in [-0.39, 0.29) is 24.5 Å². The summed E-state index contributed by atoms with van der Waals surface area (Å²) in [4.78, 5) is 57.2. The van der Waals surface area contributed by atoms with Crippen LogP contribution < -0.4 is 22.5 Å². The van der Waals surface area contributed by atoms with Gasteiger partial charge in [0, 0.05) is 23.7 Å². The van der Waals surface area contributed by atoms with Crippen LogP contribution in [-0.2, 0) is 23.1 Å². The number of aryl methyl sites for hydroxylation is 2. The molecule has 1 aliphatic heterocycles. The van der Waals surface area contributed by atoms with Gasteiger partial charge in [-0.1, -0.05) is 31.4 Å². The fraction of sp³-hybridized carbons (Fsp3) is 0.486. The van der Waals surface area contributed by atoms with Crippen LogP contribution >= 0.6 is 0 Å². The third kappa shape index (κ3) is 6.07. The number of nitriles is 1. The van der Waals surface area contributed by atoms with Crippen LogP contribution in [-0.4, -0.2) is 57.5 Å². The Morgan fingerprint density at radius 1 is 1.00 bits per heavy atom. The van der Waals surface area contributed by atoms with Crippen molar-refractivity contribution in [1.29, 1.82) is 5.26 Å². The third-order valence-corrected chi connectivity index (χ3v) is 10.2. The van der Waals surface area contributed by atoms with Gasteiger partial charge in [0.15, 0.2) is 5.82 Å². The molecular formula is C35H41N7O5. The summed E-state index contributed by atoms with van der Waals surface area (Å²) in [6, 6.07) is 12.2. The summed E-state index contributed by atoms with van der Waals surface area (Å²) in [5.74, 6) is -1.51. The second-order valence-corrected chi connectivity index (χ2v) is 13.1. The Kier molecular flexibility index (Phi) is 9.01. The number of nitrogens with two attached hydrogens (primary N) is 2. The van der Waals surface area contributed by atoms with Gasteiger partial charge >= 0.3 is 5.76 Å². The largest absolute Gasteiger partial charge is 0.459 e. The zero-order valence-corrected chi connectivity index (χ0v) is 26.7. The van der Waals surface area contributed by atoms with E-state index in [1.807, 2.05) is 19.1 Å². The molecule has 2 fully saturated rings. The molecule has 5 N–H and O–H groups in total. The van der Waals surface area contributed by atoms with Crippen LogP contribution in [0.3, 0.4) is 0 Å². The molecule has 2 atom stereocenters. The SMILES string of the molecule is C[C@@H](CC1(c2nc(=O)on2C2CCCCC2)c2ccc(C(N)=O)cc2CCc2cc(C(N)=O)ccc21)NCC(=O)N1CCCC1C#N. The Morgan fingerprint density at radius 2 is 1.62 bits per heavy atom. The Bertz CT molecular complexity index is 1730. The second kappa shape index (κ2) is 13.2. The first kappa shape index (κ1) is 32.2. The van der Waals surface area contributed by atoms with E-state index in [1.165, 1.54) is 0 Å².